The molecule has 1 aliphatic rings. The second kappa shape index (κ2) is 9.30. The highest BCUT2D eigenvalue weighted by Crippen LogP contribution is 2.32. The van der Waals surface area contributed by atoms with Gasteiger partial charge in [-0.1, -0.05) is 74.5 Å². The molecule has 6 heteroatoms. The van der Waals surface area contributed by atoms with Gasteiger partial charge in [-0.2, -0.15) is 0 Å². The number of nitrogens with zero attached hydrogens (tertiary/aromatic N) is 2. The molecular weight excluding hydrogens is 394 g/mol. The van der Waals surface area contributed by atoms with Gasteiger partial charge in [0.15, 0.2) is 5.17 Å². The van der Waals surface area contributed by atoms with E-state index in [-0.39, 0.29) is 5.91 Å². The zero-order chi connectivity index (χ0) is 21.8. The number of benzene rings is 2. The monoisotopic (exact) mass is 421 g/mol. The average molecular weight is 422 g/mol. The Balaban J connectivity index is 1.98. The summed E-state index contributed by atoms with van der Waals surface area (Å²) < 4.78 is 0. The van der Waals surface area contributed by atoms with Gasteiger partial charge in [0.05, 0.1) is 10.9 Å². The van der Waals surface area contributed by atoms with Crippen LogP contribution in [0.1, 0.15) is 49.8 Å². The molecule has 3 rings (SSSR count). The molecule has 0 saturated carbocycles. The molecule has 0 aromatic heterocycles. The lowest BCUT2D eigenvalue weighted by Gasteiger charge is -2.20. The number of amides is 2. The van der Waals surface area contributed by atoms with E-state index in [4.69, 9.17) is 5.73 Å². The molecule has 1 aliphatic heterocycles. The molecule has 5 nitrogen and oxygen atoms in total. The molecule has 0 fully saturated rings. The van der Waals surface area contributed by atoms with Crippen LogP contribution in [0.15, 0.2) is 59.2 Å². The van der Waals surface area contributed by atoms with E-state index >= 15 is 0 Å². The molecule has 2 amide bonds. The van der Waals surface area contributed by atoms with Crippen LogP contribution in [0, 0.1) is 6.92 Å². The number of hydrogen-bond donors (Lipinski definition) is 1. The number of carbonyl (C=O) groups excluding carboxylic acids is 2. The number of aliphatic imine (C=N–C) groups is 1. The van der Waals surface area contributed by atoms with Crippen molar-refractivity contribution in [2.24, 2.45) is 10.7 Å². The van der Waals surface area contributed by atoms with E-state index in [1.807, 2.05) is 50.2 Å². The molecule has 30 heavy (non-hydrogen) atoms. The van der Waals surface area contributed by atoms with Crippen molar-refractivity contribution in [3.63, 3.8) is 0 Å². The highest BCUT2D eigenvalue weighted by atomic mass is 32.2. The normalized spacial score (nSPS) is 16.3. The Hall–Kier alpha value is -2.86. The lowest BCUT2D eigenvalue weighted by Crippen LogP contribution is -2.34. The van der Waals surface area contributed by atoms with Crippen LogP contribution >= 0.6 is 11.8 Å². The van der Waals surface area contributed by atoms with Crippen molar-refractivity contribution in [2.45, 2.75) is 45.3 Å². The van der Waals surface area contributed by atoms with Crippen LogP contribution in [0.3, 0.4) is 0 Å². The molecule has 0 aliphatic carbocycles. The average Bonchev–Trinajstić information content (AvgIpc) is 3.02. The van der Waals surface area contributed by atoms with Crippen LogP contribution in [0.4, 0.5) is 5.69 Å². The van der Waals surface area contributed by atoms with Gasteiger partial charge >= 0.3 is 0 Å². The third-order valence-corrected chi connectivity index (χ3v) is 6.30. The molecule has 2 aromatic carbocycles. The number of amidine groups is 1. The van der Waals surface area contributed by atoms with Gasteiger partial charge < -0.3 is 5.73 Å². The smallest absolute Gasteiger partial charge is 0.283 e. The second-order valence-corrected chi connectivity index (χ2v) is 8.81. The molecule has 0 bridgehead atoms. The van der Waals surface area contributed by atoms with Crippen LogP contribution in [0.5, 0.6) is 0 Å². The van der Waals surface area contributed by atoms with Crippen molar-refractivity contribution in [1.82, 2.24) is 0 Å². The molecule has 1 unspecified atom stereocenters. The molecule has 1 atom stereocenters. The summed E-state index contributed by atoms with van der Waals surface area (Å²) in [6.07, 6.45) is 2.34. The standard InChI is InChI=1S/C24H27N3O2S/c1-5-21(22(25)28)30-24-26-20(14-17-8-10-18(11-9-17)15(2)3)23(29)27(24)19-12-6-16(4)7-13-19/h6-15,21H,5H2,1-4H3,(H2,25,28). The summed E-state index contributed by atoms with van der Waals surface area (Å²) in [7, 11) is 0. The summed E-state index contributed by atoms with van der Waals surface area (Å²) in [5.74, 6) is -0.186. The molecule has 0 spiro atoms. The largest absolute Gasteiger partial charge is 0.369 e. The number of rotatable bonds is 6. The SMILES string of the molecule is CCC(SC1=NC(=Cc2ccc(C(C)C)cc2)C(=O)N1c1ccc(C)cc1)C(N)=O. The fourth-order valence-electron chi connectivity index (χ4n) is 3.10. The maximum Gasteiger partial charge on any atom is 0.283 e. The zero-order valence-electron chi connectivity index (χ0n) is 17.8. The van der Waals surface area contributed by atoms with E-state index in [1.54, 1.807) is 11.0 Å². The first-order valence-corrected chi connectivity index (χ1v) is 11.0. The molecular formula is C24H27N3O2S. The molecule has 0 radical (unpaired) electrons. The Morgan fingerprint density at radius 3 is 2.30 bits per heavy atom. The number of nitrogens with two attached hydrogens (primary N) is 1. The number of primary amides is 1. The van der Waals surface area contributed by atoms with Crippen molar-refractivity contribution in [2.75, 3.05) is 4.90 Å². The van der Waals surface area contributed by atoms with Crippen LogP contribution in [-0.2, 0) is 9.59 Å². The minimum absolute atomic E-state index is 0.214. The van der Waals surface area contributed by atoms with Crippen molar-refractivity contribution >= 4 is 40.5 Å². The molecule has 0 saturated heterocycles. The van der Waals surface area contributed by atoms with Gasteiger partial charge in [-0.15, -0.1) is 0 Å². The van der Waals surface area contributed by atoms with Gasteiger partial charge in [-0.05, 0) is 48.6 Å². The fraction of sp³-hybridized carbons (Fsp3) is 0.292. The van der Waals surface area contributed by atoms with E-state index in [0.29, 0.717) is 23.2 Å². The third kappa shape index (κ3) is 4.82. The molecule has 1 heterocycles. The summed E-state index contributed by atoms with van der Waals surface area (Å²) in [4.78, 5) is 31.2. The summed E-state index contributed by atoms with van der Waals surface area (Å²) in [6, 6.07) is 15.8. The second-order valence-electron chi connectivity index (χ2n) is 7.64. The highest BCUT2D eigenvalue weighted by Gasteiger charge is 2.34. The Kier molecular flexibility index (Phi) is 6.77. The van der Waals surface area contributed by atoms with E-state index in [2.05, 4.69) is 31.0 Å². The van der Waals surface area contributed by atoms with Crippen LogP contribution in [0.25, 0.3) is 6.08 Å². The lowest BCUT2D eigenvalue weighted by atomic mass is 10.0. The Morgan fingerprint density at radius 2 is 1.77 bits per heavy atom. The predicted octanol–water partition coefficient (Wildman–Crippen LogP) is 4.86. The number of aryl methyl sites for hydroxylation is 1. The van der Waals surface area contributed by atoms with Crippen LogP contribution in [-0.4, -0.2) is 22.2 Å². The van der Waals surface area contributed by atoms with E-state index < -0.39 is 11.2 Å². The number of thioether (sulfide) groups is 1. The van der Waals surface area contributed by atoms with Crippen LogP contribution in [0.2, 0.25) is 0 Å². The zero-order valence-corrected chi connectivity index (χ0v) is 18.6. The highest BCUT2D eigenvalue weighted by molar-refractivity contribution is 8.15. The predicted molar refractivity (Wildman–Crippen MR) is 125 cm³/mol. The van der Waals surface area contributed by atoms with Crippen molar-refractivity contribution < 1.29 is 9.59 Å². The van der Waals surface area contributed by atoms with Gasteiger partial charge in [-0.3, -0.25) is 14.5 Å². The Bertz CT molecular complexity index is 992. The summed E-state index contributed by atoms with van der Waals surface area (Å²) in [5, 5.41) is 0.0220. The Labute approximate surface area is 182 Å². The van der Waals surface area contributed by atoms with Gasteiger partial charge in [-0.25, -0.2) is 4.99 Å². The van der Waals surface area contributed by atoms with E-state index in [0.717, 1.165) is 16.8 Å². The first-order chi connectivity index (χ1) is 14.3. The maximum atomic E-state index is 13.2. The topological polar surface area (TPSA) is 75.8 Å². The minimum atomic E-state index is -0.450. The molecule has 2 N–H and O–H groups in total. The van der Waals surface area contributed by atoms with Crippen molar-refractivity contribution in [3.8, 4) is 0 Å². The maximum absolute atomic E-state index is 13.2. The first kappa shape index (κ1) is 21.8. The number of anilines is 1. The first-order valence-electron chi connectivity index (χ1n) is 10.1. The van der Waals surface area contributed by atoms with Crippen LogP contribution < -0.4 is 10.6 Å². The van der Waals surface area contributed by atoms with Gasteiger partial charge in [0.2, 0.25) is 5.91 Å². The molecule has 2 aromatic rings. The molecule has 156 valence electrons. The summed E-state index contributed by atoms with van der Waals surface area (Å²) in [6.45, 7) is 8.17. The summed E-state index contributed by atoms with van der Waals surface area (Å²) >= 11 is 1.23. The van der Waals surface area contributed by atoms with Crippen molar-refractivity contribution in [1.29, 1.82) is 0 Å². The third-order valence-electron chi connectivity index (χ3n) is 4.96. The number of carbonyl (C=O) groups is 2. The van der Waals surface area contributed by atoms with Gasteiger partial charge in [0.1, 0.15) is 5.70 Å². The lowest BCUT2D eigenvalue weighted by molar-refractivity contribution is -0.117. The fourth-order valence-corrected chi connectivity index (χ4v) is 4.08. The Morgan fingerprint density at radius 1 is 1.13 bits per heavy atom. The minimum Gasteiger partial charge on any atom is -0.369 e. The summed E-state index contributed by atoms with van der Waals surface area (Å²) in [5.41, 5.74) is 9.83. The number of hydrogen-bond acceptors (Lipinski definition) is 4. The van der Waals surface area contributed by atoms with Gasteiger partial charge in [0, 0.05) is 0 Å². The van der Waals surface area contributed by atoms with E-state index in [9.17, 15) is 9.59 Å². The van der Waals surface area contributed by atoms with Gasteiger partial charge in [0.25, 0.3) is 5.91 Å². The van der Waals surface area contributed by atoms with Crippen molar-refractivity contribution in [3.05, 3.63) is 70.9 Å². The van der Waals surface area contributed by atoms with E-state index in [1.165, 1.54) is 17.3 Å². The quantitative estimate of drug-likeness (QED) is 0.677.